The Morgan fingerprint density at radius 3 is 2.89 bits per heavy atom. The van der Waals surface area contributed by atoms with E-state index in [1.54, 1.807) is 0 Å². The maximum atomic E-state index is 4.69. The fraction of sp³-hybridized carbons (Fsp3) is 0.533. The molecule has 1 atom stereocenters. The van der Waals surface area contributed by atoms with E-state index < -0.39 is 0 Å². The van der Waals surface area contributed by atoms with Crippen molar-refractivity contribution in [1.29, 1.82) is 0 Å². The minimum atomic E-state index is 0.567. The van der Waals surface area contributed by atoms with Crippen LogP contribution in [0.25, 0.3) is 11.0 Å². The predicted octanol–water partition coefficient (Wildman–Crippen LogP) is 3.00. The zero-order valence-electron chi connectivity index (χ0n) is 11.4. The van der Waals surface area contributed by atoms with Gasteiger partial charge in [0, 0.05) is 12.6 Å². The van der Waals surface area contributed by atoms with Crippen LogP contribution in [0, 0.1) is 6.92 Å². The van der Waals surface area contributed by atoms with Crippen molar-refractivity contribution in [2.45, 2.75) is 39.2 Å². The monoisotopic (exact) mass is 243 g/mol. The van der Waals surface area contributed by atoms with Crippen LogP contribution in [-0.2, 0) is 0 Å². The molecule has 1 N–H and O–H groups in total. The number of aryl methyl sites for hydroxylation is 1. The lowest BCUT2D eigenvalue weighted by Gasteiger charge is -2.15. The summed E-state index contributed by atoms with van der Waals surface area (Å²) < 4.78 is 2.42. The SMILES string of the molecule is Cc1nc2ccc(C(C)C)cc2n1[C@H]1CCNC1. The Bertz CT molecular complexity index is 562. The van der Waals surface area contributed by atoms with Gasteiger partial charge in [0.1, 0.15) is 5.82 Å². The normalized spacial score (nSPS) is 20.1. The van der Waals surface area contributed by atoms with E-state index in [1.807, 2.05) is 0 Å². The number of rotatable bonds is 2. The van der Waals surface area contributed by atoms with Crippen LogP contribution in [0.2, 0.25) is 0 Å². The molecule has 1 saturated heterocycles. The van der Waals surface area contributed by atoms with Crippen molar-refractivity contribution >= 4 is 11.0 Å². The van der Waals surface area contributed by atoms with Crippen molar-refractivity contribution < 1.29 is 0 Å². The quantitative estimate of drug-likeness (QED) is 0.878. The van der Waals surface area contributed by atoms with Gasteiger partial charge >= 0.3 is 0 Å². The molecule has 0 spiro atoms. The van der Waals surface area contributed by atoms with Gasteiger partial charge in [-0.25, -0.2) is 4.98 Å². The van der Waals surface area contributed by atoms with Crippen molar-refractivity contribution in [1.82, 2.24) is 14.9 Å². The van der Waals surface area contributed by atoms with Crippen molar-refractivity contribution in [2.75, 3.05) is 13.1 Å². The lowest BCUT2D eigenvalue weighted by atomic mass is 10.0. The second-order valence-corrected chi connectivity index (χ2v) is 5.58. The van der Waals surface area contributed by atoms with Gasteiger partial charge in [0.2, 0.25) is 0 Å². The Hall–Kier alpha value is -1.35. The molecular weight excluding hydrogens is 222 g/mol. The molecule has 1 aromatic heterocycles. The minimum Gasteiger partial charge on any atom is -0.324 e. The number of aromatic nitrogens is 2. The van der Waals surface area contributed by atoms with E-state index in [1.165, 1.54) is 17.5 Å². The highest BCUT2D eigenvalue weighted by Gasteiger charge is 2.20. The Morgan fingerprint density at radius 1 is 1.39 bits per heavy atom. The molecule has 0 saturated carbocycles. The highest BCUT2D eigenvalue weighted by Crippen LogP contribution is 2.27. The van der Waals surface area contributed by atoms with Crippen molar-refractivity contribution in [3.8, 4) is 0 Å². The van der Waals surface area contributed by atoms with Crippen LogP contribution in [-0.4, -0.2) is 22.6 Å². The van der Waals surface area contributed by atoms with Crippen LogP contribution in [0.5, 0.6) is 0 Å². The van der Waals surface area contributed by atoms with E-state index in [4.69, 9.17) is 4.98 Å². The fourth-order valence-electron chi connectivity index (χ4n) is 2.91. The zero-order chi connectivity index (χ0) is 12.7. The molecule has 2 heterocycles. The van der Waals surface area contributed by atoms with Gasteiger partial charge in [-0.3, -0.25) is 0 Å². The number of benzene rings is 1. The van der Waals surface area contributed by atoms with Crippen LogP contribution in [0.4, 0.5) is 0 Å². The summed E-state index contributed by atoms with van der Waals surface area (Å²) in [6, 6.07) is 7.25. The molecule has 3 nitrogen and oxygen atoms in total. The van der Waals surface area contributed by atoms with Crippen molar-refractivity contribution in [3.05, 3.63) is 29.6 Å². The zero-order valence-corrected chi connectivity index (χ0v) is 11.4. The molecular formula is C15H21N3. The second-order valence-electron chi connectivity index (χ2n) is 5.58. The summed E-state index contributed by atoms with van der Waals surface area (Å²) in [5, 5.41) is 3.44. The van der Waals surface area contributed by atoms with Gasteiger partial charge in [-0.2, -0.15) is 0 Å². The largest absolute Gasteiger partial charge is 0.324 e. The molecule has 0 aliphatic carbocycles. The van der Waals surface area contributed by atoms with Gasteiger partial charge in [-0.15, -0.1) is 0 Å². The molecule has 2 aromatic rings. The van der Waals surface area contributed by atoms with Crippen LogP contribution < -0.4 is 5.32 Å². The molecule has 3 heteroatoms. The first kappa shape index (κ1) is 11.7. The molecule has 1 fully saturated rings. The van der Waals surface area contributed by atoms with Crippen LogP contribution in [0.1, 0.15) is 43.6 Å². The molecule has 1 aliphatic rings. The van der Waals surface area contributed by atoms with Gasteiger partial charge in [0.05, 0.1) is 11.0 Å². The van der Waals surface area contributed by atoms with Gasteiger partial charge in [-0.05, 0) is 43.5 Å². The molecule has 0 bridgehead atoms. The summed E-state index contributed by atoms with van der Waals surface area (Å²) in [6.45, 7) is 8.79. The number of imidazole rings is 1. The number of fused-ring (bicyclic) bond motifs is 1. The maximum Gasteiger partial charge on any atom is 0.107 e. The third-order valence-corrected chi connectivity index (χ3v) is 3.96. The average molecular weight is 243 g/mol. The standard InChI is InChI=1S/C15H21N3/c1-10(2)12-4-5-14-15(8-12)18(11(3)17-14)13-6-7-16-9-13/h4-5,8,10,13,16H,6-7,9H2,1-3H3/t13-/m0/s1. The molecule has 0 unspecified atom stereocenters. The van der Waals surface area contributed by atoms with Crippen LogP contribution in [0.3, 0.4) is 0 Å². The first-order chi connectivity index (χ1) is 8.66. The average Bonchev–Trinajstić information content (AvgIpc) is 2.93. The summed E-state index contributed by atoms with van der Waals surface area (Å²) in [4.78, 5) is 4.69. The highest BCUT2D eigenvalue weighted by molar-refractivity contribution is 5.77. The lowest BCUT2D eigenvalue weighted by Crippen LogP contribution is -2.14. The first-order valence-corrected chi connectivity index (χ1v) is 6.86. The highest BCUT2D eigenvalue weighted by atomic mass is 15.1. The predicted molar refractivity (Wildman–Crippen MR) is 75.1 cm³/mol. The first-order valence-electron chi connectivity index (χ1n) is 6.86. The summed E-state index contributed by atoms with van der Waals surface area (Å²) in [5.74, 6) is 1.71. The molecule has 18 heavy (non-hydrogen) atoms. The second kappa shape index (κ2) is 4.39. The van der Waals surface area contributed by atoms with E-state index >= 15 is 0 Å². The number of nitrogens with zero attached hydrogens (tertiary/aromatic N) is 2. The maximum absolute atomic E-state index is 4.69. The third kappa shape index (κ3) is 1.83. The number of hydrogen-bond acceptors (Lipinski definition) is 2. The smallest absolute Gasteiger partial charge is 0.107 e. The molecule has 96 valence electrons. The van der Waals surface area contributed by atoms with E-state index in [0.29, 0.717) is 12.0 Å². The Balaban J connectivity index is 2.16. The number of hydrogen-bond donors (Lipinski definition) is 1. The number of nitrogens with one attached hydrogen (secondary N) is 1. The van der Waals surface area contributed by atoms with E-state index in [2.05, 4.69) is 48.9 Å². The fourth-order valence-corrected chi connectivity index (χ4v) is 2.91. The van der Waals surface area contributed by atoms with E-state index in [0.717, 1.165) is 24.4 Å². The lowest BCUT2D eigenvalue weighted by molar-refractivity contribution is 0.547. The third-order valence-electron chi connectivity index (χ3n) is 3.96. The van der Waals surface area contributed by atoms with Crippen LogP contribution in [0.15, 0.2) is 18.2 Å². The molecule has 1 aromatic carbocycles. The van der Waals surface area contributed by atoms with Gasteiger partial charge in [0.25, 0.3) is 0 Å². The molecule has 3 rings (SSSR count). The van der Waals surface area contributed by atoms with Gasteiger partial charge in [0.15, 0.2) is 0 Å². The van der Waals surface area contributed by atoms with Gasteiger partial charge < -0.3 is 9.88 Å². The van der Waals surface area contributed by atoms with Crippen molar-refractivity contribution in [2.24, 2.45) is 0 Å². The van der Waals surface area contributed by atoms with Crippen LogP contribution >= 0.6 is 0 Å². The summed E-state index contributed by atoms with van der Waals surface area (Å²) >= 11 is 0. The Morgan fingerprint density at radius 2 is 2.22 bits per heavy atom. The Labute approximate surface area is 108 Å². The topological polar surface area (TPSA) is 29.9 Å². The summed E-state index contributed by atoms with van der Waals surface area (Å²) in [5.41, 5.74) is 3.82. The van der Waals surface area contributed by atoms with Gasteiger partial charge in [-0.1, -0.05) is 19.9 Å². The minimum absolute atomic E-state index is 0.567. The van der Waals surface area contributed by atoms with E-state index in [-0.39, 0.29) is 0 Å². The molecule has 1 aliphatic heterocycles. The Kier molecular flexibility index (Phi) is 2.86. The summed E-state index contributed by atoms with van der Waals surface area (Å²) in [6.07, 6.45) is 1.21. The molecule has 0 radical (unpaired) electrons. The van der Waals surface area contributed by atoms with E-state index in [9.17, 15) is 0 Å². The summed E-state index contributed by atoms with van der Waals surface area (Å²) in [7, 11) is 0. The van der Waals surface area contributed by atoms with Crippen molar-refractivity contribution in [3.63, 3.8) is 0 Å². The molecule has 0 amide bonds.